The van der Waals surface area contributed by atoms with E-state index in [-0.39, 0.29) is 17.7 Å². The van der Waals surface area contributed by atoms with Crippen LogP contribution < -0.4 is 40.5 Å². The Bertz CT molecular complexity index is 2970. The topological polar surface area (TPSA) is 24.9 Å². The number of benzene rings is 7. The van der Waals surface area contributed by atoms with Crippen molar-refractivity contribution in [1.29, 1.82) is 0 Å². The summed E-state index contributed by atoms with van der Waals surface area (Å²) in [5.74, 6) is 2.96. The SMILES string of the molecule is Cc1cc2c(cc1N1c3cc4c(cc3B3c5c(cc(-c6ccccc6)cc51)-c1cccc5c1N3c1ccccc1[Si]5(C)C)Oc1ccccc1O4)C(C)(C)CCC2(C)C. The highest BCUT2D eigenvalue weighted by atomic mass is 28.3. The Hall–Kier alpha value is -5.98. The van der Waals surface area contributed by atoms with Crippen molar-refractivity contribution in [2.75, 3.05) is 9.71 Å². The molecule has 4 nitrogen and oxygen atoms in total. The molecule has 1 aliphatic carbocycles. The van der Waals surface area contributed by atoms with E-state index in [9.17, 15) is 0 Å². The Labute approximate surface area is 349 Å². The lowest BCUT2D eigenvalue weighted by Crippen LogP contribution is -2.68. The largest absolute Gasteiger partial charge is 0.450 e. The van der Waals surface area contributed by atoms with Crippen molar-refractivity contribution in [3.63, 3.8) is 0 Å². The predicted molar refractivity (Wildman–Crippen MR) is 249 cm³/mol. The van der Waals surface area contributed by atoms with Gasteiger partial charge in [0.2, 0.25) is 0 Å². The van der Waals surface area contributed by atoms with Crippen molar-refractivity contribution in [1.82, 2.24) is 0 Å². The first-order chi connectivity index (χ1) is 28.4. The van der Waals surface area contributed by atoms with Gasteiger partial charge in [0.1, 0.15) is 8.07 Å². The van der Waals surface area contributed by atoms with E-state index in [0.29, 0.717) is 0 Å². The molecule has 0 amide bonds. The Kier molecular flexibility index (Phi) is 7.02. The molecule has 0 bridgehead atoms. The van der Waals surface area contributed by atoms with Gasteiger partial charge in [0.25, 0.3) is 0 Å². The van der Waals surface area contributed by atoms with E-state index >= 15 is 0 Å². The molecule has 12 rings (SSSR count). The molecule has 59 heavy (non-hydrogen) atoms. The van der Waals surface area contributed by atoms with Crippen LogP contribution in [0.5, 0.6) is 23.0 Å². The second kappa shape index (κ2) is 11.8. The first-order valence-electron chi connectivity index (χ1n) is 21.3. The summed E-state index contributed by atoms with van der Waals surface area (Å²) in [7, 11) is -2.09. The monoisotopic (exact) mass is 782 g/mol. The highest BCUT2D eigenvalue weighted by molar-refractivity contribution is 7.05. The van der Waals surface area contributed by atoms with Crippen LogP contribution in [0.4, 0.5) is 28.4 Å². The van der Waals surface area contributed by atoms with Crippen molar-refractivity contribution in [2.24, 2.45) is 0 Å². The van der Waals surface area contributed by atoms with Gasteiger partial charge in [0, 0.05) is 40.1 Å². The number of para-hydroxylation sites is 4. The Morgan fingerprint density at radius 3 is 1.93 bits per heavy atom. The molecule has 0 spiro atoms. The number of rotatable bonds is 2. The Morgan fingerprint density at radius 1 is 0.542 bits per heavy atom. The third-order valence-corrected chi connectivity index (χ3v) is 18.0. The maximum atomic E-state index is 6.76. The van der Waals surface area contributed by atoms with Gasteiger partial charge >= 0.3 is 6.85 Å². The van der Waals surface area contributed by atoms with Gasteiger partial charge in [0.05, 0.1) is 0 Å². The summed E-state index contributed by atoms with van der Waals surface area (Å²) in [4.78, 5) is 5.27. The lowest BCUT2D eigenvalue weighted by atomic mass is 9.43. The van der Waals surface area contributed by atoms with Crippen molar-refractivity contribution >= 4 is 64.7 Å². The third-order valence-electron chi connectivity index (χ3n) is 14.4. The van der Waals surface area contributed by atoms with E-state index in [0.717, 1.165) is 35.1 Å². The minimum atomic E-state index is -2.09. The summed E-state index contributed by atoms with van der Waals surface area (Å²) in [6, 6.07) is 49.8. The van der Waals surface area contributed by atoms with Crippen LogP contribution >= 0.6 is 0 Å². The molecule has 4 aliphatic heterocycles. The highest BCUT2D eigenvalue weighted by Gasteiger charge is 2.51. The van der Waals surface area contributed by atoms with Gasteiger partial charge in [-0.15, -0.1) is 0 Å². The minimum absolute atomic E-state index is 0.0415. The molecule has 0 saturated heterocycles. The molecule has 7 aromatic rings. The van der Waals surface area contributed by atoms with Crippen LogP contribution in [0.2, 0.25) is 13.1 Å². The second-order valence-electron chi connectivity index (χ2n) is 19.2. The number of hydrogen-bond donors (Lipinski definition) is 0. The average Bonchev–Trinajstić information content (AvgIpc) is 3.24. The number of ether oxygens (including phenoxy) is 2. The second-order valence-corrected chi connectivity index (χ2v) is 23.6. The van der Waals surface area contributed by atoms with Gasteiger partial charge in [-0.2, -0.15) is 0 Å². The minimum Gasteiger partial charge on any atom is -0.450 e. The molecule has 288 valence electrons. The lowest BCUT2D eigenvalue weighted by Gasteiger charge is -2.51. The van der Waals surface area contributed by atoms with E-state index in [1.165, 1.54) is 89.4 Å². The first kappa shape index (κ1) is 35.0. The highest BCUT2D eigenvalue weighted by Crippen LogP contribution is 2.55. The average molecular weight is 783 g/mol. The number of fused-ring (bicyclic) bond motifs is 9. The Balaban J connectivity index is 1.22. The molecule has 4 heterocycles. The van der Waals surface area contributed by atoms with Crippen molar-refractivity contribution in [3.8, 4) is 45.3 Å². The summed E-state index contributed by atoms with van der Waals surface area (Å²) in [5.41, 5.74) is 18.1. The van der Waals surface area contributed by atoms with Gasteiger partial charge in [-0.1, -0.05) is 126 Å². The number of aryl methyl sites for hydroxylation is 1. The normalized spacial score (nSPS) is 17.5. The predicted octanol–water partition coefficient (Wildman–Crippen LogP) is 11.8. The van der Waals surface area contributed by atoms with Crippen molar-refractivity contribution in [2.45, 2.75) is 71.4 Å². The number of anilines is 5. The van der Waals surface area contributed by atoms with E-state index in [1.807, 2.05) is 24.3 Å². The van der Waals surface area contributed by atoms with Crippen LogP contribution in [-0.2, 0) is 10.8 Å². The fourth-order valence-corrected chi connectivity index (χ4v) is 14.2. The fraction of sp³-hybridized carbons (Fsp3) is 0.208. The van der Waals surface area contributed by atoms with E-state index in [1.54, 1.807) is 0 Å². The summed E-state index contributed by atoms with van der Waals surface area (Å²) >= 11 is 0. The van der Waals surface area contributed by atoms with Gasteiger partial charge in [-0.25, -0.2) is 0 Å². The van der Waals surface area contributed by atoms with Crippen LogP contribution in [0.1, 0.15) is 57.2 Å². The molecule has 0 N–H and O–H groups in total. The van der Waals surface area contributed by atoms with Crippen LogP contribution in [-0.4, -0.2) is 14.9 Å². The van der Waals surface area contributed by atoms with Crippen LogP contribution in [0.25, 0.3) is 22.3 Å². The van der Waals surface area contributed by atoms with Gasteiger partial charge in [-0.05, 0) is 128 Å². The molecule has 0 saturated carbocycles. The third kappa shape index (κ3) is 4.78. The maximum Gasteiger partial charge on any atom is 0.333 e. The van der Waals surface area contributed by atoms with E-state index in [4.69, 9.17) is 9.47 Å². The molecule has 7 aromatic carbocycles. The van der Waals surface area contributed by atoms with Crippen LogP contribution in [0, 0.1) is 6.92 Å². The molecule has 6 heteroatoms. The molecule has 5 aliphatic rings. The number of hydrogen-bond acceptors (Lipinski definition) is 4. The summed E-state index contributed by atoms with van der Waals surface area (Å²) < 4.78 is 13.5. The zero-order chi connectivity index (χ0) is 40.2. The summed E-state index contributed by atoms with van der Waals surface area (Å²) in [5, 5.41) is 2.96. The molecule has 0 fully saturated rings. The maximum absolute atomic E-state index is 6.76. The molecule has 0 aromatic heterocycles. The van der Waals surface area contributed by atoms with Crippen molar-refractivity contribution in [3.05, 3.63) is 150 Å². The first-order valence-corrected chi connectivity index (χ1v) is 24.3. The molecule has 0 unspecified atom stereocenters. The van der Waals surface area contributed by atoms with E-state index in [2.05, 4.69) is 167 Å². The fourth-order valence-electron chi connectivity index (χ4n) is 11.2. The lowest BCUT2D eigenvalue weighted by molar-refractivity contribution is 0.332. The molecular weight excluding hydrogens is 735 g/mol. The standard InChI is InChI=1S/C53H47BN2O2Si/c1-32-26-37-38(53(4,5)25-24-52(37,2)3)29-41(32)55-42-31-47-46(57-44-20-12-13-21-45(44)58-47)30-39(42)54-50-36(27-34(28-43(50)55)33-16-9-8-10-17-33)35-18-15-23-49-51(35)56(54)40-19-11-14-22-48(40)59(49,6)7/h8-23,26-31H,24-25H2,1-7H3. The Morgan fingerprint density at radius 2 is 1.19 bits per heavy atom. The van der Waals surface area contributed by atoms with Crippen LogP contribution in [0.15, 0.2) is 133 Å². The zero-order valence-electron chi connectivity index (χ0n) is 34.9. The molecule has 0 radical (unpaired) electrons. The molecule has 0 atom stereocenters. The van der Waals surface area contributed by atoms with Gasteiger partial charge in [0.15, 0.2) is 23.0 Å². The number of nitrogens with zero attached hydrogens (tertiary/aromatic N) is 2. The quantitative estimate of drug-likeness (QED) is 0.163. The zero-order valence-corrected chi connectivity index (χ0v) is 35.9. The summed E-state index contributed by atoms with van der Waals surface area (Å²) in [6.07, 6.45) is 2.33. The van der Waals surface area contributed by atoms with E-state index < -0.39 is 8.07 Å². The van der Waals surface area contributed by atoms with Gasteiger partial charge in [-0.3, -0.25) is 0 Å². The summed E-state index contributed by atoms with van der Waals surface area (Å²) in [6.45, 7) is 17.0. The van der Waals surface area contributed by atoms with Crippen LogP contribution in [0.3, 0.4) is 0 Å². The molecular formula is C53H47BN2O2Si. The van der Waals surface area contributed by atoms with Crippen molar-refractivity contribution < 1.29 is 9.47 Å². The smallest absolute Gasteiger partial charge is 0.333 e. The van der Waals surface area contributed by atoms with Gasteiger partial charge < -0.3 is 19.2 Å².